The molecule has 0 amide bonds. The molecule has 0 aromatic carbocycles. The molecule has 0 aliphatic rings. The maximum Gasteiger partial charge on any atom is 4.00 e. The summed E-state index contributed by atoms with van der Waals surface area (Å²) in [6.07, 6.45) is 0. The van der Waals surface area contributed by atoms with Gasteiger partial charge in [0, 0.05) is 0 Å². The van der Waals surface area contributed by atoms with Gasteiger partial charge in [0.2, 0.25) is 20.8 Å². The molecular weight excluding hydrogens is 431 g/mol. The second-order valence-electron chi connectivity index (χ2n) is 0.953. The second kappa shape index (κ2) is 7.94. The molecule has 0 aliphatic heterocycles. The van der Waals surface area contributed by atoms with Crippen LogP contribution in [0.5, 0.6) is 0 Å². The van der Waals surface area contributed by atoms with Gasteiger partial charge in [-0.15, -0.1) is 0 Å². The largest absolute Gasteiger partial charge is 4.00 e. The number of hydrogen-bond donors (Lipinski definition) is 0. The Bertz CT molecular complexity index is 249. The van der Waals surface area contributed by atoms with Crippen LogP contribution in [-0.2, 0) is 29.5 Å². The molecule has 0 fully saturated rings. The van der Waals surface area contributed by atoms with Gasteiger partial charge in [0.1, 0.15) is 0 Å². The molecule has 0 rings (SSSR count). The van der Waals surface area contributed by atoms with Gasteiger partial charge in [0.05, 0.1) is 0 Å². The van der Waals surface area contributed by atoms with E-state index >= 15 is 0 Å². The van der Waals surface area contributed by atoms with Crippen molar-refractivity contribution in [2.24, 2.45) is 0 Å². The van der Waals surface area contributed by atoms with Gasteiger partial charge in [-0.25, -0.2) is 16.8 Å². The van der Waals surface area contributed by atoms with Gasteiger partial charge in [0.25, 0.3) is 0 Å². The molecule has 0 N–H and O–H groups in total. The van der Waals surface area contributed by atoms with E-state index < -0.39 is 20.8 Å². The molecular formula is O10PbS2. The molecule has 13 heteroatoms. The van der Waals surface area contributed by atoms with Crippen LogP contribution in [0.25, 0.3) is 0 Å². The molecule has 0 aliphatic carbocycles. The fourth-order valence-corrected chi connectivity index (χ4v) is 0. The SMILES string of the molecule is O=S(=O)([O-])O[O-].O=S(=O)([O-])O[O-].[Pb+4]. The molecule has 10 nitrogen and oxygen atoms in total. The summed E-state index contributed by atoms with van der Waals surface area (Å²) in [5.74, 6) is 0. The number of rotatable bonds is 2. The Morgan fingerprint density at radius 3 is 0.846 bits per heavy atom. The Labute approximate surface area is 93.0 Å². The van der Waals surface area contributed by atoms with Crippen molar-refractivity contribution in [3.8, 4) is 0 Å². The third-order valence-corrected chi connectivity index (χ3v) is 0.500. The monoisotopic (exact) mass is 432 g/mol. The number of hydrogen-bond acceptors (Lipinski definition) is 10. The van der Waals surface area contributed by atoms with Crippen LogP contribution in [0.2, 0.25) is 0 Å². The van der Waals surface area contributed by atoms with E-state index in [4.69, 9.17) is 36.5 Å². The van der Waals surface area contributed by atoms with Crippen molar-refractivity contribution in [3.63, 3.8) is 0 Å². The van der Waals surface area contributed by atoms with Gasteiger partial charge < -0.3 is 28.3 Å². The van der Waals surface area contributed by atoms with Crippen LogP contribution in [0.4, 0.5) is 0 Å². The van der Waals surface area contributed by atoms with Crippen LogP contribution >= 0.6 is 0 Å². The van der Waals surface area contributed by atoms with Crippen LogP contribution in [-0.4, -0.2) is 53.2 Å². The molecule has 13 heavy (non-hydrogen) atoms. The first-order valence-corrected chi connectivity index (χ1v) is 4.33. The predicted octanol–water partition coefficient (Wildman–Crippen LogP) is -4.90. The van der Waals surface area contributed by atoms with Crippen LogP contribution in [0.1, 0.15) is 0 Å². The minimum atomic E-state index is -4.97. The first-order chi connectivity index (χ1) is 5.12. The molecule has 0 unspecified atom stereocenters. The molecule has 0 saturated heterocycles. The van der Waals surface area contributed by atoms with E-state index in [1.165, 1.54) is 0 Å². The van der Waals surface area contributed by atoms with Gasteiger partial charge >= 0.3 is 27.3 Å². The fourth-order valence-electron chi connectivity index (χ4n) is 0. The van der Waals surface area contributed by atoms with E-state index in [2.05, 4.69) is 8.67 Å². The van der Waals surface area contributed by atoms with Crippen LogP contribution in [0.15, 0.2) is 0 Å². The van der Waals surface area contributed by atoms with Crippen molar-refractivity contribution in [1.29, 1.82) is 0 Å². The molecule has 0 bridgehead atoms. The van der Waals surface area contributed by atoms with Crippen molar-refractivity contribution in [2.45, 2.75) is 0 Å². The molecule has 0 saturated carbocycles. The van der Waals surface area contributed by atoms with Crippen LogP contribution in [0.3, 0.4) is 0 Å². The Morgan fingerprint density at radius 1 is 0.769 bits per heavy atom. The minimum absolute atomic E-state index is 0. The fraction of sp³-hybridized carbons (Fsp3) is 0. The van der Waals surface area contributed by atoms with E-state index in [1.807, 2.05) is 0 Å². The van der Waals surface area contributed by atoms with Crippen LogP contribution < -0.4 is 10.5 Å². The Kier molecular flexibility index (Phi) is 11.7. The Hall–Kier alpha value is 0.582. The van der Waals surface area contributed by atoms with Gasteiger partial charge in [-0.1, -0.05) is 0 Å². The molecule has 0 radical (unpaired) electrons. The zero-order valence-electron chi connectivity index (χ0n) is 5.40. The normalized spacial score (nSPS) is 10.8. The summed E-state index contributed by atoms with van der Waals surface area (Å²) in [6, 6.07) is 0. The maximum atomic E-state index is 8.91. The third kappa shape index (κ3) is 32.5. The molecule has 0 atom stereocenters. The summed E-state index contributed by atoms with van der Waals surface area (Å²) in [7, 11) is -9.94. The zero-order valence-corrected chi connectivity index (χ0v) is 10.9. The van der Waals surface area contributed by atoms with Crippen molar-refractivity contribution >= 4 is 48.1 Å². The van der Waals surface area contributed by atoms with E-state index in [9.17, 15) is 0 Å². The molecule has 0 aromatic rings. The van der Waals surface area contributed by atoms with Gasteiger partial charge in [0.15, 0.2) is 0 Å². The van der Waals surface area contributed by atoms with E-state index in [0.29, 0.717) is 0 Å². The van der Waals surface area contributed by atoms with Gasteiger partial charge in [-0.2, -0.15) is 0 Å². The summed E-state index contributed by atoms with van der Waals surface area (Å²) < 4.78 is 57.7. The zero-order chi connectivity index (χ0) is 10.4. The van der Waals surface area contributed by atoms with E-state index in [0.717, 1.165) is 0 Å². The average molecular weight is 431 g/mol. The Morgan fingerprint density at radius 2 is 0.846 bits per heavy atom. The maximum absolute atomic E-state index is 8.91. The minimum Gasteiger partial charge on any atom is -0.726 e. The summed E-state index contributed by atoms with van der Waals surface area (Å²) in [6.45, 7) is 0. The summed E-state index contributed by atoms with van der Waals surface area (Å²) in [4.78, 5) is 0. The Balaban J connectivity index is -0.000000143. The smallest absolute Gasteiger partial charge is 0.726 e. The van der Waals surface area contributed by atoms with Crippen molar-refractivity contribution < 1.29 is 45.1 Å². The summed E-state index contributed by atoms with van der Waals surface area (Å²) >= 11 is 0. The van der Waals surface area contributed by atoms with Gasteiger partial charge in [-0.3, -0.25) is 0 Å². The topological polar surface area (TPSA) is 179 Å². The first-order valence-electron chi connectivity index (χ1n) is 1.67. The predicted molar refractivity (Wildman–Crippen MR) is 27.3 cm³/mol. The molecule has 0 aromatic heterocycles. The van der Waals surface area contributed by atoms with Crippen molar-refractivity contribution in [2.75, 3.05) is 0 Å². The third-order valence-electron chi connectivity index (χ3n) is 0.167. The first kappa shape index (κ1) is 19.2. The second-order valence-corrected chi connectivity index (χ2v) is 2.86. The average Bonchev–Trinajstić information content (AvgIpc) is 1.86. The van der Waals surface area contributed by atoms with Crippen LogP contribution in [0, 0.1) is 0 Å². The van der Waals surface area contributed by atoms with Gasteiger partial charge in [-0.05, 0) is 0 Å². The standard InChI is InChI=1S/2H2O5S.Pb/c2*1-5-6(2,3)4;/h2*1H,(H,2,3,4);/q;;+4/p-4. The molecule has 0 heterocycles. The van der Waals surface area contributed by atoms with Crippen molar-refractivity contribution in [1.82, 2.24) is 0 Å². The molecule has 0 spiro atoms. The molecule has 76 valence electrons. The quantitative estimate of drug-likeness (QED) is 0.135. The van der Waals surface area contributed by atoms with E-state index in [-0.39, 0.29) is 27.3 Å². The van der Waals surface area contributed by atoms with E-state index in [1.54, 1.807) is 0 Å². The summed E-state index contributed by atoms with van der Waals surface area (Å²) in [5, 5.41) is 17.1. The van der Waals surface area contributed by atoms with Crippen molar-refractivity contribution in [3.05, 3.63) is 0 Å². The summed E-state index contributed by atoms with van der Waals surface area (Å²) in [5.41, 5.74) is 0.